The molecule has 0 aliphatic heterocycles. The summed E-state index contributed by atoms with van der Waals surface area (Å²) in [5.41, 5.74) is 0. The lowest BCUT2D eigenvalue weighted by atomic mass is 10.5. The Kier molecular flexibility index (Phi) is 4.69. The summed E-state index contributed by atoms with van der Waals surface area (Å²) in [7, 11) is 1.72. The van der Waals surface area contributed by atoms with Crippen LogP contribution < -0.4 is 0 Å². The summed E-state index contributed by atoms with van der Waals surface area (Å²) in [6.07, 6.45) is 5.52. The van der Waals surface area contributed by atoms with Crippen molar-refractivity contribution in [2.24, 2.45) is 9.98 Å². The van der Waals surface area contributed by atoms with Crippen LogP contribution >= 0.6 is 0 Å². The molecule has 0 bridgehead atoms. The van der Waals surface area contributed by atoms with E-state index in [-0.39, 0.29) is 0 Å². The molecule has 0 aromatic rings. The van der Waals surface area contributed by atoms with Crippen molar-refractivity contribution in [2.45, 2.75) is 13.8 Å². The largest absolute Gasteiger partial charge is 0.274 e. The van der Waals surface area contributed by atoms with Gasteiger partial charge in [-0.2, -0.15) is 0 Å². The second kappa shape index (κ2) is 5.22. The Morgan fingerprint density at radius 2 is 2.11 bits per heavy atom. The van der Waals surface area contributed by atoms with Gasteiger partial charge >= 0.3 is 0 Å². The van der Waals surface area contributed by atoms with Gasteiger partial charge in [-0.15, -0.1) is 0 Å². The lowest BCUT2D eigenvalue weighted by molar-refractivity contribution is 1.38. The summed E-state index contributed by atoms with van der Waals surface area (Å²) in [6.45, 7) is 3.81. The van der Waals surface area contributed by atoms with Crippen LogP contribution in [0.15, 0.2) is 22.1 Å². The minimum atomic E-state index is 0.799. The average molecular weight is 124 g/mol. The van der Waals surface area contributed by atoms with Gasteiger partial charge < -0.3 is 0 Å². The van der Waals surface area contributed by atoms with E-state index in [2.05, 4.69) is 9.98 Å². The Bertz CT molecular complexity index is 143. The maximum atomic E-state index is 3.97. The van der Waals surface area contributed by atoms with Crippen LogP contribution in [0.4, 0.5) is 0 Å². The van der Waals surface area contributed by atoms with Gasteiger partial charge in [0.15, 0.2) is 0 Å². The summed E-state index contributed by atoms with van der Waals surface area (Å²) >= 11 is 0. The second-order valence-electron chi connectivity index (χ2n) is 1.57. The van der Waals surface area contributed by atoms with E-state index in [1.807, 2.05) is 26.0 Å². The third-order valence-electron chi connectivity index (χ3n) is 0.863. The Balaban J connectivity index is 3.71. The quantitative estimate of drug-likeness (QED) is 0.375. The highest BCUT2D eigenvalue weighted by Gasteiger charge is 1.74. The number of nitrogens with zero attached hydrogens (tertiary/aromatic N) is 2. The zero-order chi connectivity index (χ0) is 7.11. The Morgan fingerprint density at radius 3 is 2.56 bits per heavy atom. The van der Waals surface area contributed by atoms with Crippen molar-refractivity contribution in [3.05, 3.63) is 12.2 Å². The molecule has 0 aliphatic carbocycles. The van der Waals surface area contributed by atoms with Gasteiger partial charge in [-0.1, -0.05) is 6.08 Å². The monoisotopic (exact) mass is 124 g/mol. The Labute approximate surface area is 56.0 Å². The number of allylic oxidation sites excluding steroid dienone is 2. The number of aliphatic imine (C=N–C) groups is 2. The number of amidine groups is 1. The summed E-state index contributed by atoms with van der Waals surface area (Å²) in [6, 6.07) is 0. The highest BCUT2D eigenvalue weighted by Crippen LogP contribution is 1.75. The minimum Gasteiger partial charge on any atom is -0.274 e. The molecule has 50 valence electrons. The molecule has 2 heteroatoms. The molecule has 0 aromatic heterocycles. The van der Waals surface area contributed by atoms with Crippen molar-refractivity contribution in [2.75, 3.05) is 7.05 Å². The molecule has 0 amide bonds. The molecular weight excluding hydrogens is 112 g/mol. The van der Waals surface area contributed by atoms with Gasteiger partial charge in [0.05, 0.1) is 0 Å². The van der Waals surface area contributed by atoms with Crippen LogP contribution in [-0.4, -0.2) is 19.1 Å². The van der Waals surface area contributed by atoms with E-state index in [9.17, 15) is 0 Å². The fourth-order valence-corrected chi connectivity index (χ4v) is 0.295. The predicted molar refractivity (Wildman–Crippen MR) is 42.3 cm³/mol. The molecular formula is C7H12N2. The number of hydrogen-bond donors (Lipinski definition) is 0. The molecule has 0 N–H and O–H groups in total. The van der Waals surface area contributed by atoms with Gasteiger partial charge in [-0.25, -0.2) is 4.99 Å². The number of hydrogen-bond acceptors (Lipinski definition) is 1. The molecule has 0 rings (SSSR count). The summed E-state index contributed by atoms with van der Waals surface area (Å²) in [5.74, 6) is 0.799. The van der Waals surface area contributed by atoms with Crippen LogP contribution in [0.25, 0.3) is 0 Å². The van der Waals surface area contributed by atoms with Crippen LogP contribution in [0.3, 0.4) is 0 Å². The maximum Gasteiger partial charge on any atom is 0.119 e. The normalized spacial score (nSPS) is 13.9. The van der Waals surface area contributed by atoms with E-state index in [4.69, 9.17) is 0 Å². The standard InChI is InChI=1S/C7H12N2/c1-4-5-6-9-7(2)8-3/h4-6H,1-3H3/b5-4+,8-7?,9-6?. The Morgan fingerprint density at radius 1 is 1.44 bits per heavy atom. The van der Waals surface area contributed by atoms with Gasteiger partial charge in [0.1, 0.15) is 5.84 Å². The van der Waals surface area contributed by atoms with Gasteiger partial charge in [0.2, 0.25) is 0 Å². The van der Waals surface area contributed by atoms with E-state index in [0.29, 0.717) is 0 Å². The Hall–Kier alpha value is -0.920. The van der Waals surface area contributed by atoms with Gasteiger partial charge in [0.25, 0.3) is 0 Å². The first kappa shape index (κ1) is 8.08. The molecule has 0 aromatic carbocycles. The molecule has 2 nitrogen and oxygen atoms in total. The highest BCUT2D eigenvalue weighted by molar-refractivity contribution is 5.90. The predicted octanol–water partition coefficient (Wildman–Crippen LogP) is 1.68. The maximum absolute atomic E-state index is 3.97. The fourth-order valence-electron chi connectivity index (χ4n) is 0.295. The molecule has 0 spiro atoms. The first-order chi connectivity index (χ1) is 4.31. The van der Waals surface area contributed by atoms with Crippen molar-refractivity contribution < 1.29 is 0 Å². The molecule has 0 radical (unpaired) electrons. The summed E-state index contributed by atoms with van der Waals surface area (Å²) in [5, 5.41) is 0. The van der Waals surface area contributed by atoms with Crippen LogP contribution in [0.5, 0.6) is 0 Å². The van der Waals surface area contributed by atoms with Gasteiger partial charge in [-0.05, 0) is 19.9 Å². The van der Waals surface area contributed by atoms with Crippen LogP contribution in [-0.2, 0) is 0 Å². The first-order valence-electron chi connectivity index (χ1n) is 2.90. The zero-order valence-electron chi connectivity index (χ0n) is 6.13. The highest BCUT2D eigenvalue weighted by atomic mass is 14.9. The van der Waals surface area contributed by atoms with Crippen LogP contribution in [0.1, 0.15) is 13.8 Å². The van der Waals surface area contributed by atoms with E-state index in [1.54, 1.807) is 13.3 Å². The first-order valence-corrected chi connectivity index (χ1v) is 2.90. The van der Waals surface area contributed by atoms with Crippen molar-refractivity contribution >= 4 is 12.1 Å². The molecule has 0 unspecified atom stereocenters. The van der Waals surface area contributed by atoms with Crippen LogP contribution in [0.2, 0.25) is 0 Å². The molecule has 0 saturated heterocycles. The molecule has 0 heterocycles. The van der Waals surface area contributed by atoms with E-state index in [1.165, 1.54) is 0 Å². The second-order valence-corrected chi connectivity index (χ2v) is 1.57. The number of rotatable bonds is 1. The molecule has 0 saturated carbocycles. The molecule has 9 heavy (non-hydrogen) atoms. The topological polar surface area (TPSA) is 24.7 Å². The minimum absolute atomic E-state index is 0.799. The summed E-state index contributed by atoms with van der Waals surface area (Å²) < 4.78 is 0. The van der Waals surface area contributed by atoms with Crippen molar-refractivity contribution in [1.29, 1.82) is 0 Å². The van der Waals surface area contributed by atoms with E-state index >= 15 is 0 Å². The van der Waals surface area contributed by atoms with Crippen molar-refractivity contribution in [3.8, 4) is 0 Å². The third-order valence-corrected chi connectivity index (χ3v) is 0.863. The molecule has 0 fully saturated rings. The smallest absolute Gasteiger partial charge is 0.119 e. The summed E-state index contributed by atoms with van der Waals surface area (Å²) in [4.78, 5) is 7.82. The van der Waals surface area contributed by atoms with Crippen molar-refractivity contribution in [1.82, 2.24) is 0 Å². The van der Waals surface area contributed by atoms with Gasteiger partial charge in [0, 0.05) is 13.3 Å². The van der Waals surface area contributed by atoms with Gasteiger partial charge in [-0.3, -0.25) is 4.99 Å². The zero-order valence-corrected chi connectivity index (χ0v) is 6.13. The lowest BCUT2D eigenvalue weighted by Gasteiger charge is -1.82. The van der Waals surface area contributed by atoms with E-state index < -0.39 is 0 Å². The SMILES string of the molecule is C/C=C/C=NC(C)=NC. The van der Waals surface area contributed by atoms with Crippen molar-refractivity contribution in [3.63, 3.8) is 0 Å². The van der Waals surface area contributed by atoms with Crippen LogP contribution in [0, 0.1) is 0 Å². The third kappa shape index (κ3) is 4.94. The molecule has 0 atom stereocenters. The fraction of sp³-hybridized carbons (Fsp3) is 0.429. The average Bonchev–Trinajstić information content (AvgIpc) is 1.89. The lowest BCUT2D eigenvalue weighted by Crippen LogP contribution is -1.82. The van der Waals surface area contributed by atoms with E-state index in [0.717, 1.165) is 5.84 Å². The molecule has 0 aliphatic rings.